The van der Waals surface area contributed by atoms with Crippen LogP contribution >= 0.6 is 27.3 Å². The van der Waals surface area contributed by atoms with Crippen molar-refractivity contribution in [2.75, 3.05) is 0 Å². The maximum absolute atomic E-state index is 13.2. The van der Waals surface area contributed by atoms with Gasteiger partial charge in [-0.15, -0.1) is 11.3 Å². The van der Waals surface area contributed by atoms with E-state index >= 15 is 0 Å². The van der Waals surface area contributed by atoms with Crippen LogP contribution in [-0.2, 0) is 6.61 Å². The van der Waals surface area contributed by atoms with Crippen molar-refractivity contribution in [2.45, 2.75) is 19.6 Å². The van der Waals surface area contributed by atoms with Crippen molar-refractivity contribution in [3.05, 3.63) is 50.4 Å². The van der Waals surface area contributed by atoms with E-state index in [1.54, 1.807) is 17.4 Å². The molecule has 0 saturated heterocycles. The highest BCUT2D eigenvalue weighted by Crippen LogP contribution is 2.27. The molecule has 0 aliphatic heterocycles. The first-order valence-corrected chi connectivity index (χ1v) is 7.14. The van der Waals surface area contributed by atoms with Crippen molar-refractivity contribution in [1.82, 2.24) is 0 Å². The monoisotopic (exact) mass is 329 g/mol. The standard InChI is InChI=1S/C13H13BrFNOS/c1-8(16)12-5-10(15)2-3-13(12)17-6-11-4-9(14)7-18-11/h2-5,7-8H,6,16H2,1H3. The summed E-state index contributed by atoms with van der Waals surface area (Å²) in [5, 5.41) is 2.00. The summed E-state index contributed by atoms with van der Waals surface area (Å²) < 4.78 is 19.9. The molecule has 2 N–H and O–H groups in total. The largest absolute Gasteiger partial charge is 0.488 e. The highest BCUT2D eigenvalue weighted by atomic mass is 79.9. The van der Waals surface area contributed by atoms with Crippen LogP contribution in [-0.4, -0.2) is 0 Å². The fourth-order valence-electron chi connectivity index (χ4n) is 1.58. The lowest BCUT2D eigenvalue weighted by atomic mass is 10.1. The number of benzene rings is 1. The van der Waals surface area contributed by atoms with Crippen molar-refractivity contribution in [1.29, 1.82) is 0 Å². The Labute approximate surface area is 118 Å². The lowest BCUT2D eigenvalue weighted by Crippen LogP contribution is -2.08. The molecule has 0 saturated carbocycles. The van der Waals surface area contributed by atoms with Crippen LogP contribution in [0.4, 0.5) is 4.39 Å². The van der Waals surface area contributed by atoms with Crippen LogP contribution in [0.1, 0.15) is 23.4 Å². The molecule has 0 fully saturated rings. The summed E-state index contributed by atoms with van der Waals surface area (Å²) in [5.41, 5.74) is 6.49. The number of rotatable bonds is 4. The molecule has 1 heterocycles. The van der Waals surface area contributed by atoms with E-state index in [0.717, 1.165) is 9.35 Å². The van der Waals surface area contributed by atoms with Gasteiger partial charge in [-0.25, -0.2) is 4.39 Å². The van der Waals surface area contributed by atoms with E-state index in [-0.39, 0.29) is 11.9 Å². The fourth-order valence-corrected chi connectivity index (χ4v) is 2.95. The highest BCUT2D eigenvalue weighted by molar-refractivity contribution is 9.10. The Kier molecular flexibility index (Phi) is 4.37. The number of hydrogen-bond donors (Lipinski definition) is 1. The summed E-state index contributed by atoms with van der Waals surface area (Å²) in [4.78, 5) is 1.10. The molecule has 1 unspecified atom stereocenters. The number of halogens is 2. The van der Waals surface area contributed by atoms with E-state index in [0.29, 0.717) is 17.9 Å². The molecular formula is C13H13BrFNOS. The second-order valence-electron chi connectivity index (χ2n) is 3.99. The second-order valence-corrected chi connectivity index (χ2v) is 5.90. The smallest absolute Gasteiger partial charge is 0.124 e. The van der Waals surface area contributed by atoms with Crippen molar-refractivity contribution < 1.29 is 9.13 Å². The number of hydrogen-bond acceptors (Lipinski definition) is 3. The van der Waals surface area contributed by atoms with E-state index in [2.05, 4.69) is 15.9 Å². The topological polar surface area (TPSA) is 35.2 Å². The lowest BCUT2D eigenvalue weighted by Gasteiger charge is -2.13. The lowest BCUT2D eigenvalue weighted by molar-refractivity contribution is 0.304. The molecule has 2 rings (SSSR count). The molecule has 1 aromatic carbocycles. The molecule has 0 aliphatic rings. The van der Waals surface area contributed by atoms with Crippen LogP contribution in [0.2, 0.25) is 0 Å². The molecule has 0 amide bonds. The van der Waals surface area contributed by atoms with Crippen LogP contribution in [0, 0.1) is 5.82 Å². The molecule has 0 aliphatic carbocycles. The fraction of sp³-hybridized carbons (Fsp3) is 0.231. The van der Waals surface area contributed by atoms with Gasteiger partial charge in [-0.3, -0.25) is 0 Å². The van der Waals surface area contributed by atoms with Crippen molar-refractivity contribution in [3.8, 4) is 5.75 Å². The third kappa shape index (κ3) is 3.31. The Hall–Kier alpha value is -0.910. The number of thiophene rings is 1. The molecule has 1 aromatic heterocycles. The summed E-state index contributed by atoms with van der Waals surface area (Å²) in [5.74, 6) is 0.337. The number of ether oxygens (including phenoxy) is 1. The van der Waals surface area contributed by atoms with Gasteiger partial charge >= 0.3 is 0 Å². The molecule has 2 nitrogen and oxygen atoms in total. The van der Waals surface area contributed by atoms with Crippen LogP contribution in [0.15, 0.2) is 34.1 Å². The molecule has 1 atom stereocenters. The predicted octanol–water partition coefficient (Wildman–Crippen LogP) is 4.25. The predicted molar refractivity (Wildman–Crippen MR) is 75.4 cm³/mol. The van der Waals surface area contributed by atoms with Gasteiger partial charge in [0.2, 0.25) is 0 Å². The van der Waals surface area contributed by atoms with E-state index in [9.17, 15) is 4.39 Å². The zero-order chi connectivity index (χ0) is 13.1. The summed E-state index contributed by atoms with van der Waals surface area (Å²) >= 11 is 5.00. The van der Waals surface area contributed by atoms with E-state index in [1.165, 1.54) is 12.1 Å². The first-order chi connectivity index (χ1) is 8.56. The molecular weight excluding hydrogens is 317 g/mol. The van der Waals surface area contributed by atoms with Gasteiger partial charge < -0.3 is 10.5 Å². The quantitative estimate of drug-likeness (QED) is 0.910. The molecule has 0 bridgehead atoms. The van der Waals surface area contributed by atoms with Gasteiger partial charge in [-0.2, -0.15) is 0 Å². The average Bonchev–Trinajstić information content (AvgIpc) is 2.73. The first kappa shape index (κ1) is 13.5. The van der Waals surface area contributed by atoms with Crippen LogP contribution < -0.4 is 10.5 Å². The maximum atomic E-state index is 13.2. The maximum Gasteiger partial charge on any atom is 0.124 e. The van der Waals surface area contributed by atoms with Gasteiger partial charge in [0.05, 0.1) is 0 Å². The average molecular weight is 330 g/mol. The second kappa shape index (κ2) is 5.82. The van der Waals surface area contributed by atoms with Gasteiger partial charge in [-0.05, 0) is 47.1 Å². The minimum absolute atomic E-state index is 0.259. The van der Waals surface area contributed by atoms with E-state index < -0.39 is 0 Å². The van der Waals surface area contributed by atoms with Gasteiger partial charge in [0.1, 0.15) is 18.2 Å². The summed E-state index contributed by atoms with van der Waals surface area (Å²) in [7, 11) is 0. The minimum atomic E-state index is -0.298. The van der Waals surface area contributed by atoms with Crippen LogP contribution in [0.25, 0.3) is 0 Å². The Morgan fingerprint density at radius 1 is 1.44 bits per heavy atom. The Balaban J connectivity index is 2.13. The van der Waals surface area contributed by atoms with Gasteiger partial charge in [0.25, 0.3) is 0 Å². The SMILES string of the molecule is CC(N)c1cc(F)ccc1OCc1cc(Br)cs1. The third-order valence-electron chi connectivity index (χ3n) is 2.45. The molecule has 0 spiro atoms. The molecule has 5 heteroatoms. The summed E-state index contributed by atoms with van der Waals surface area (Å²) in [6.07, 6.45) is 0. The Morgan fingerprint density at radius 2 is 2.22 bits per heavy atom. The van der Waals surface area contributed by atoms with Crippen LogP contribution in [0.5, 0.6) is 5.75 Å². The normalized spacial score (nSPS) is 12.4. The zero-order valence-electron chi connectivity index (χ0n) is 9.82. The van der Waals surface area contributed by atoms with Gasteiger partial charge in [0, 0.05) is 26.3 Å². The third-order valence-corrected chi connectivity index (χ3v) is 4.13. The highest BCUT2D eigenvalue weighted by Gasteiger charge is 2.10. The van der Waals surface area contributed by atoms with E-state index in [1.807, 2.05) is 18.4 Å². The summed E-state index contributed by atoms with van der Waals surface area (Å²) in [6.45, 7) is 2.27. The number of nitrogens with two attached hydrogens (primary N) is 1. The first-order valence-electron chi connectivity index (χ1n) is 5.47. The summed E-state index contributed by atoms with van der Waals surface area (Å²) in [6, 6.07) is 6.16. The molecule has 96 valence electrons. The molecule has 18 heavy (non-hydrogen) atoms. The van der Waals surface area contributed by atoms with Crippen LogP contribution in [0.3, 0.4) is 0 Å². The van der Waals surface area contributed by atoms with Gasteiger partial charge in [-0.1, -0.05) is 0 Å². The van der Waals surface area contributed by atoms with Crippen molar-refractivity contribution in [2.24, 2.45) is 5.73 Å². The van der Waals surface area contributed by atoms with Gasteiger partial charge in [0.15, 0.2) is 0 Å². The van der Waals surface area contributed by atoms with Crippen molar-refractivity contribution in [3.63, 3.8) is 0 Å². The Bertz CT molecular complexity index is 542. The van der Waals surface area contributed by atoms with E-state index in [4.69, 9.17) is 10.5 Å². The van der Waals surface area contributed by atoms with Crippen molar-refractivity contribution >= 4 is 27.3 Å². The Morgan fingerprint density at radius 3 is 2.83 bits per heavy atom. The molecule has 2 aromatic rings. The molecule has 0 radical (unpaired) electrons. The minimum Gasteiger partial charge on any atom is -0.488 e. The zero-order valence-corrected chi connectivity index (χ0v) is 12.2.